The quantitative estimate of drug-likeness (QED) is 0.252. The zero-order valence-electron chi connectivity index (χ0n) is 17.7. The van der Waals surface area contributed by atoms with Crippen LogP contribution in [0, 0.1) is 6.92 Å². The lowest BCUT2D eigenvalue weighted by atomic mass is 10.2. The molecule has 9 heteroatoms. The lowest BCUT2D eigenvalue weighted by molar-refractivity contribution is -0.138. The van der Waals surface area contributed by atoms with Crippen LogP contribution in [0.4, 0.5) is 11.4 Å². The largest absolute Gasteiger partial charge is 0.510 e. The van der Waals surface area contributed by atoms with Gasteiger partial charge in [0.2, 0.25) is 0 Å². The monoisotopic (exact) mass is 437 g/mol. The normalized spacial score (nSPS) is 11.4. The van der Waals surface area contributed by atoms with Gasteiger partial charge in [-0.1, -0.05) is 30.3 Å². The number of esters is 2. The van der Waals surface area contributed by atoms with Crippen LogP contribution in [0.5, 0.6) is 0 Å². The Labute approximate surface area is 185 Å². The standard InChI is InChI=1S/C23H23N3O6/c1-4-31-20(28)12-13-32-23(30)17-6-5-7-19(14-17)25-26-21(16(3)27)22(29)24-18-10-8-15(2)9-11-18/h4-11,14,27H,1,12-13H2,2-3H3,(H,24,29). The summed E-state index contributed by atoms with van der Waals surface area (Å²) in [5, 5.41) is 20.2. The second-order valence-corrected chi connectivity index (χ2v) is 6.55. The first-order chi connectivity index (χ1) is 15.3. The van der Waals surface area contributed by atoms with Crippen LogP contribution in [-0.2, 0) is 19.1 Å². The molecule has 1 amide bonds. The first kappa shape index (κ1) is 24.0. The first-order valence-electron chi connectivity index (χ1n) is 9.57. The topological polar surface area (TPSA) is 127 Å². The minimum atomic E-state index is -0.667. The van der Waals surface area contributed by atoms with Gasteiger partial charge in [-0.25, -0.2) is 4.79 Å². The second-order valence-electron chi connectivity index (χ2n) is 6.55. The number of aliphatic hydroxyl groups is 1. The minimum absolute atomic E-state index is 0.114. The number of azo groups is 1. The molecule has 0 aliphatic carbocycles. The number of hydrogen-bond acceptors (Lipinski definition) is 8. The van der Waals surface area contributed by atoms with Crippen molar-refractivity contribution in [2.45, 2.75) is 20.3 Å². The molecule has 0 aliphatic rings. The van der Waals surface area contributed by atoms with Gasteiger partial charge in [-0.05, 0) is 44.2 Å². The maximum Gasteiger partial charge on any atom is 0.338 e. The summed E-state index contributed by atoms with van der Waals surface area (Å²) in [7, 11) is 0. The Hall–Kier alpha value is -4.27. The molecule has 0 saturated heterocycles. The van der Waals surface area contributed by atoms with Gasteiger partial charge in [0.1, 0.15) is 12.4 Å². The van der Waals surface area contributed by atoms with E-state index in [4.69, 9.17) is 4.74 Å². The van der Waals surface area contributed by atoms with Crippen LogP contribution in [0.3, 0.4) is 0 Å². The fraction of sp³-hybridized carbons (Fsp3) is 0.174. The van der Waals surface area contributed by atoms with Gasteiger partial charge in [-0.15, -0.1) is 5.11 Å². The Bertz CT molecular complexity index is 1050. The molecule has 0 radical (unpaired) electrons. The van der Waals surface area contributed by atoms with E-state index in [1.165, 1.54) is 19.1 Å². The van der Waals surface area contributed by atoms with Crippen molar-refractivity contribution in [1.29, 1.82) is 0 Å². The van der Waals surface area contributed by atoms with Crippen molar-refractivity contribution in [3.63, 3.8) is 0 Å². The molecule has 166 valence electrons. The van der Waals surface area contributed by atoms with Crippen molar-refractivity contribution in [3.05, 3.63) is 84.0 Å². The van der Waals surface area contributed by atoms with E-state index in [1.54, 1.807) is 24.3 Å². The Morgan fingerprint density at radius 3 is 2.53 bits per heavy atom. The number of anilines is 1. The van der Waals surface area contributed by atoms with Crippen LogP contribution in [0.1, 0.15) is 29.3 Å². The van der Waals surface area contributed by atoms with Crippen molar-refractivity contribution in [2.24, 2.45) is 10.2 Å². The van der Waals surface area contributed by atoms with E-state index in [2.05, 4.69) is 26.9 Å². The number of nitrogens with one attached hydrogen (secondary N) is 1. The van der Waals surface area contributed by atoms with Gasteiger partial charge in [0.05, 0.1) is 23.9 Å². The van der Waals surface area contributed by atoms with Crippen LogP contribution in [0.25, 0.3) is 0 Å². The van der Waals surface area contributed by atoms with E-state index in [0.717, 1.165) is 11.8 Å². The zero-order chi connectivity index (χ0) is 23.5. The molecule has 2 aromatic carbocycles. The predicted molar refractivity (Wildman–Crippen MR) is 117 cm³/mol. The first-order valence-corrected chi connectivity index (χ1v) is 9.57. The van der Waals surface area contributed by atoms with Gasteiger partial charge in [-0.3, -0.25) is 9.59 Å². The Kier molecular flexibility index (Phi) is 8.85. The van der Waals surface area contributed by atoms with E-state index < -0.39 is 17.8 Å². The third-order valence-corrected chi connectivity index (χ3v) is 3.97. The molecule has 9 nitrogen and oxygen atoms in total. The molecule has 0 aliphatic heterocycles. The summed E-state index contributed by atoms with van der Waals surface area (Å²) in [5.41, 5.74) is 1.73. The molecule has 0 bridgehead atoms. The van der Waals surface area contributed by atoms with Gasteiger partial charge < -0.3 is 19.9 Å². The fourth-order valence-electron chi connectivity index (χ4n) is 2.37. The SMILES string of the molecule is C=COC(=O)CCOC(=O)c1cccc(N=NC(C(=O)Nc2ccc(C)cc2)=C(C)O)c1. The maximum absolute atomic E-state index is 12.5. The lowest BCUT2D eigenvalue weighted by Gasteiger charge is -2.06. The number of carbonyl (C=O) groups excluding carboxylic acids is 3. The Morgan fingerprint density at radius 2 is 1.88 bits per heavy atom. The summed E-state index contributed by atoms with van der Waals surface area (Å²) in [6.07, 6.45) is 0.883. The molecule has 0 atom stereocenters. The number of allylic oxidation sites excluding steroid dienone is 1. The van der Waals surface area contributed by atoms with Crippen molar-refractivity contribution in [2.75, 3.05) is 11.9 Å². The molecule has 0 unspecified atom stereocenters. The van der Waals surface area contributed by atoms with Crippen LogP contribution in [0.2, 0.25) is 0 Å². The third kappa shape index (κ3) is 7.52. The highest BCUT2D eigenvalue weighted by atomic mass is 16.5. The number of ether oxygens (including phenoxy) is 2. The molecular formula is C23H23N3O6. The number of aryl methyl sites for hydroxylation is 1. The van der Waals surface area contributed by atoms with Gasteiger partial charge in [0.25, 0.3) is 5.91 Å². The van der Waals surface area contributed by atoms with Crippen LogP contribution in [-0.4, -0.2) is 29.6 Å². The molecule has 2 N–H and O–H groups in total. The zero-order valence-corrected chi connectivity index (χ0v) is 17.7. The number of hydrogen-bond donors (Lipinski definition) is 2. The summed E-state index contributed by atoms with van der Waals surface area (Å²) in [5.74, 6) is -2.20. The van der Waals surface area contributed by atoms with Crippen molar-refractivity contribution in [1.82, 2.24) is 0 Å². The average Bonchev–Trinajstić information content (AvgIpc) is 2.75. The molecule has 0 fully saturated rings. The summed E-state index contributed by atoms with van der Waals surface area (Å²) in [6, 6.07) is 13.1. The van der Waals surface area contributed by atoms with Crippen LogP contribution in [0.15, 0.2) is 83.1 Å². The van der Waals surface area contributed by atoms with Gasteiger partial charge in [0.15, 0.2) is 5.70 Å². The smallest absolute Gasteiger partial charge is 0.338 e. The van der Waals surface area contributed by atoms with Crippen molar-refractivity contribution in [3.8, 4) is 0 Å². The van der Waals surface area contributed by atoms with Gasteiger partial charge in [0, 0.05) is 5.69 Å². The summed E-state index contributed by atoms with van der Waals surface area (Å²) in [4.78, 5) is 35.8. The molecule has 0 heterocycles. The number of rotatable bonds is 9. The fourth-order valence-corrected chi connectivity index (χ4v) is 2.37. The second kappa shape index (κ2) is 11.8. The third-order valence-electron chi connectivity index (χ3n) is 3.97. The van der Waals surface area contributed by atoms with E-state index in [9.17, 15) is 19.5 Å². The highest BCUT2D eigenvalue weighted by Gasteiger charge is 2.14. The number of benzene rings is 2. The van der Waals surface area contributed by atoms with E-state index in [1.807, 2.05) is 19.1 Å². The Morgan fingerprint density at radius 1 is 1.16 bits per heavy atom. The number of amides is 1. The predicted octanol–water partition coefficient (Wildman–Crippen LogP) is 4.74. The number of aliphatic hydroxyl groups excluding tert-OH is 1. The van der Waals surface area contributed by atoms with Crippen molar-refractivity contribution < 1.29 is 29.0 Å². The van der Waals surface area contributed by atoms with Gasteiger partial charge in [-0.2, -0.15) is 5.11 Å². The minimum Gasteiger partial charge on any atom is -0.510 e. The molecule has 0 saturated carbocycles. The summed E-state index contributed by atoms with van der Waals surface area (Å²) in [6.45, 7) is 6.34. The van der Waals surface area contributed by atoms with Gasteiger partial charge >= 0.3 is 11.9 Å². The summed E-state index contributed by atoms with van der Waals surface area (Å²) < 4.78 is 9.55. The highest BCUT2D eigenvalue weighted by Crippen LogP contribution is 2.19. The number of nitrogens with zero attached hydrogens (tertiary/aromatic N) is 2. The molecule has 0 spiro atoms. The van der Waals surface area contributed by atoms with Crippen LogP contribution >= 0.6 is 0 Å². The molecule has 0 aromatic heterocycles. The molecular weight excluding hydrogens is 414 g/mol. The highest BCUT2D eigenvalue weighted by molar-refractivity contribution is 6.03. The van der Waals surface area contributed by atoms with E-state index in [0.29, 0.717) is 5.69 Å². The van der Waals surface area contributed by atoms with E-state index >= 15 is 0 Å². The van der Waals surface area contributed by atoms with E-state index in [-0.39, 0.29) is 35.7 Å². The lowest BCUT2D eigenvalue weighted by Crippen LogP contribution is -2.14. The molecule has 2 rings (SSSR count). The summed E-state index contributed by atoms with van der Waals surface area (Å²) >= 11 is 0. The average molecular weight is 437 g/mol. The molecule has 32 heavy (non-hydrogen) atoms. The Balaban J connectivity index is 2.05. The van der Waals surface area contributed by atoms with Crippen molar-refractivity contribution >= 4 is 29.2 Å². The number of carbonyl (C=O) groups is 3. The van der Waals surface area contributed by atoms with Crippen LogP contribution < -0.4 is 5.32 Å². The maximum atomic E-state index is 12.5. The molecule has 2 aromatic rings.